The highest BCUT2D eigenvalue weighted by Gasteiger charge is 2.22. The van der Waals surface area contributed by atoms with Crippen molar-refractivity contribution < 1.29 is 22.3 Å². The van der Waals surface area contributed by atoms with Crippen LogP contribution in [0.25, 0.3) is 0 Å². The van der Waals surface area contributed by atoms with Crippen molar-refractivity contribution in [2.24, 2.45) is 0 Å². The van der Waals surface area contributed by atoms with E-state index in [0.717, 1.165) is 11.1 Å². The van der Waals surface area contributed by atoms with E-state index in [1.54, 1.807) is 17.0 Å². The fourth-order valence-corrected chi connectivity index (χ4v) is 4.11. The normalized spacial score (nSPS) is 13.8. The van der Waals surface area contributed by atoms with Crippen LogP contribution in [0.2, 0.25) is 0 Å². The Morgan fingerprint density at radius 2 is 1.92 bits per heavy atom. The molecule has 1 heterocycles. The average Bonchev–Trinajstić information content (AvgIpc) is 2.61. The number of hydrogen-bond acceptors (Lipinski definition) is 4. The molecule has 0 bridgehead atoms. The number of ether oxygens (including phenoxy) is 1. The third-order valence-corrected chi connectivity index (χ3v) is 5.45. The molecule has 6 nitrogen and oxygen atoms in total. The Hall–Kier alpha value is -2.61. The van der Waals surface area contributed by atoms with Gasteiger partial charge in [0.25, 0.3) is 0 Å². The number of nitrogens with one attached hydrogen (secondary N) is 1. The Morgan fingerprint density at radius 3 is 2.62 bits per heavy atom. The minimum atomic E-state index is -3.64. The smallest absolute Gasteiger partial charge is 0.409 e. The molecule has 0 spiro atoms. The first-order valence-electron chi connectivity index (χ1n) is 8.06. The number of fused-ring (bicyclic) bond motifs is 1. The zero-order valence-corrected chi connectivity index (χ0v) is 15.1. The third kappa shape index (κ3) is 4.32. The van der Waals surface area contributed by atoms with Gasteiger partial charge in [0, 0.05) is 18.8 Å². The molecule has 3 rings (SSSR count). The van der Waals surface area contributed by atoms with E-state index in [1.165, 1.54) is 31.4 Å². The van der Waals surface area contributed by atoms with Crippen LogP contribution in [-0.4, -0.2) is 33.1 Å². The number of hydrogen-bond donors (Lipinski definition) is 1. The third-order valence-electron chi connectivity index (χ3n) is 4.19. The second-order valence-corrected chi connectivity index (χ2v) is 7.83. The van der Waals surface area contributed by atoms with Gasteiger partial charge in [-0.3, -0.25) is 4.72 Å². The lowest BCUT2D eigenvalue weighted by molar-refractivity contribution is 0.118. The number of rotatable bonds is 4. The molecule has 0 unspecified atom stereocenters. The summed E-state index contributed by atoms with van der Waals surface area (Å²) in [4.78, 5) is 13.3. The summed E-state index contributed by atoms with van der Waals surface area (Å²) in [7, 11) is -2.31. The fourth-order valence-electron chi connectivity index (χ4n) is 2.92. The number of anilines is 1. The van der Waals surface area contributed by atoms with Crippen LogP contribution in [0.5, 0.6) is 0 Å². The molecule has 0 radical (unpaired) electrons. The largest absolute Gasteiger partial charge is 0.453 e. The molecule has 0 aromatic heterocycles. The number of nitrogens with zero attached hydrogens (tertiary/aromatic N) is 1. The Labute approximate surface area is 151 Å². The van der Waals surface area contributed by atoms with Crippen LogP contribution in [0.4, 0.5) is 14.9 Å². The molecular formula is C18H19FN2O4S. The van der Waals surface area contributed by atoms with Crippen molar-refractivity contribution >= 4 is 21.8 Å². The van der Waals surface area contributed by atoms with E-state index in [4.69, 9.17) is 4.74 Å². The summed E-state index contributed by atoms with van der Waals surface area (Å²) in [5.74, 6) is -0.664. The van der Waals surface area contributed by atoms with Crippen LogP contribution < -0.4 is 4.72 Å². The minimum absolute atomic E-state index is 0.251. The zero-order chi connectivity index (χ0) is 18.7. The topological polar surface area (TPSA) is 75.7 Å². The first kappa shape index (κ1) is 18.2. The molecule has 0 saturated carbocycles. The van der Waals surface area contributed by atoms with Crippen molar-refractivity contribution in [3.63, 3.8) is 0 Å². The SMILES string of the molecule is COC(=O)N1CCc2ccc(NS(=O)(=O)Cc3ccc(F)cc3)cc2C1. The lowest BCUT2D eigenvalue weighted by atomic mass is 9.99. The summed E-state index contributed by atoms with van der Waals surface area (Å²) in [6.45, 7) is 0.935. The minimum Gasteiger partial charge on any atom is -0.453 e. The van der Waals surface area contributed by atoms with E-state index < -0.39 is 21.9 Å². The average molecular weight is 378 g/mol. The Morgan fingerprint density at radius 1 is 1.19 bits per heavy atom. The predicted molar refractivity (Wildman–Crippen MR) is 95.6 cm³/mol. The molecule has 138 valence electrons. The Balaban J connectivity index is 1.74. The van der Waals surface area contributed by atoms with Crippen LogP contribution in [0.1, 0.15) is 16.7 Å². The van der Waals surface area contributed by atoms with E-state index in [1.807, 2.05) is 6.07 Å². The molecule has 0 aliphatic carbocycles. The summed E-state index contributed by atoms with van der Waals surface area (Å²) in [5, 5.41) is 0. The van der Waals surface area contributed by atoms with Gasteiger partial charge >= 0.3 is 6.09 Å². The Kier molecular flexibility index (Phi) is 5.13. The van der Waals surface area contributed by atoms with E-state index in [9.17, 15) is 17.6 Å². The number of methoxy groups -OCH3 is 1. The fraction of sp³-hybridized carbons (Fsp3) is 0.278. The number of carbonyl (C=O) groups excluding carboxylic acids is 1. The van der Waals surface area contributed by atoms with Gasteiger partial charge in [0.05, 0.1) is 12.9 Å². The first-order chi connectivity index (χ1) is 12.4. The maximum atomic E-state index is 12.9. The van der Waals surface area contributed by atoms with E-state index in [-0.39, 0.29) is 5.75 Å². The van der Waals surface area contributed by atoms with Crippen molar-refractivity contribution in [2.75, 3.05) is 18.4 Å². The number of halogens is 1. The summed E-state index contributed by atoms with van der Waals surface area (Å²) >= 11 is 0. The van der Waals surface area contributed by atoms with Gasteiger partial charge in [-0.25, -0.2) is 17.6 Å². The van der Waals surface area contributed by atoms with Crippen molar-refractivity contribution in [1.82, 2.24) is 4.90 Å². The molecule has 2 aromatic carbocycles. The molecule has 0 saturated heterocycles. The van der Waals surface area contributed by atoms with Crippen molar-refractivity contribution in [3.05, 3.63) is 65.0 Å². The maximum absolute atomic E-state index is 12.9. The van der Waals surface area contributed by atoms with E-state index >= 15 is 0 Å². The summed E-state index contributed by atoms with van der Waals surface area (Å²) in [6, 6.07) is 10.6. The summed E-state index contributed by atoms with van der Waals surface area (Å²) in [6.07, 6.45) is 0.283. The highest BCUT2D eigenvalue weighted by Crippen LogP contribution is 2.24. The Bertz CT molecular complexity index is 913. The van der Waals surface area contributed by atoms with Gasteiger partial charge in [-0.1, -0.05) is 18.2 Å². The van der Waals surface area contributed by atoms with Gasteiger partial charge < -0.3 is 9.64 Å². The molecule has 8 heteroatoms. The number of carbonyl (C=O) groups is 1. The van der Waals surface area contributed by atoms with Gasteiger partial charge in [-0.05, 0) is 47.4 Å². The maximum Gasteiger partial charge on any atom is 0.409 e. The molecule has 1 N–H and O–H groups in total. The van der Waals surface area contributed by atoms with Crippen LogP contribution in [0.15, 0.2) is 42.5 Å². The molecular weight excluding hydrogens is 359 g/mol. The van der Waals surface area contributed by atoms with Crippen LogP contribution in [0, 0.1) is 5.82 Å². The highest BCUT2D eigenvalue weighted by atomic mass is 32.2. The first-order valence-corrected chi connectivity index (χ1v) is 9.71. The van der Waals surface area contributed by atoms with Gasteiger partial charge in [-0.15, -0.1) is 0 Å². The lowest BCUT2D eigenvalue weighted by Gasteiger charge is -2.28. The molecule has 0 atom stereocenters. The molecule has 0 fully saturated rings. The van der Waals surface area contributed by atoms with Gasteiger partial charge in [0.15, 0.2) is 0 Å². The second kappa shape index (κ2) is 7.33. The number of amides is 1. The van der Waals surface area contributed by atoms with Gasteiger partial charge in [0.2, 0.25) is 10.0 Å². The summed E-state index contributed by atoms with van der Waals surface area (Å²) < 4.78 is 44.9. The van der Waals surface area contributed by atoms with E-state index in [2.05, 4.69) is 4.72 Å². The quantitative estimate of drug-likeness (QED) is 0.888. The molecule has 2 aromatic rings. The van der Waals surface area contributed by atoms with Gasteiger partial charge in [-0.2, -0.15) is 0 Å². The highest BCUT2D eigenvalue weighted by molar-refractivity contribution is 7.91. The van der Waals surface area contributed by atoms with E-state index in [0.29, 0.717) is 30.8 Å². The number of sulfonamides is 1. The second-order valence-electron chi connectivity index (χ2n) is 6.11. The molecule has 1 aliphatic heterocycles. The van der Waals surface area contributed by atoms with Crippen molar-refractivity contribution in [2.45, 2.75) is 18.7 Å². The standard InChI is InChI=1S/C18H19FN2O4S/c1-25-18(22)21-9-8-14-4-7-17(10-15(14)11-21)20-26(23,24)12-13-2-5-16(19)6-3-13/h2-7,10,20H,8-9,11-12H2,1H3. The molecule has 1 amide bonds. The zero-order valence-electron chi connectivity index (χ0n) is 14.2. The van der Waals surface area contributed by atoms with Crippen LogP contribution >= 0.6 is 0 Å². The monoisotopic (exact) mass is 378 g/mol. The predicted octanol–water partition coefficient (Wildman–Crippen LogP) is 2.89. The van der Waals surface area contributed by atoms with Gasteiger partial charge in [0.1, 0.15) is 5.82 Å². The van der Waals surface area contributed by atoms with Crippen molar-refractivity contribution in [3.8, 4) is 0 Å². The molecule has 26 heavy (non-hydrogen) atoms. The molecule has 1 aliphatic rings. The van der Waals surface area contributed by atoms with Crippen LogP contribution in [0.3, 0.4) is 0 Å². The lowest BCUT2D eigenvalue weighted by Crippen LogP contribution is -2.35. The van der Waals surface area contributed by atoms with Crippen LogP contribution in [-0.2, 0) is 33.5 Å². The van der Waals surface area contributed by atoms with Crippen molar-refractivity contribution in [1.29, 1.82) is 0 Å². The number of benzene rings is 2. The summed E-state index contributed by atoms with van der Waals surface area (Å²) in [5.41, 5.74) is 2.88.